The summed E-state index contributed by atoms with van der Waals surface area (Å²) in [7, 11) is 0. The maximum atomic E-state index is 5.70. The van der Waals surface area contributed by atoms with Crippen LogP contribution in [0.2, 0.25) is 0 Å². The summed E-state index contributed by atoms with van der Waals surface area (Å²) in [5.41, 5.74) is 3.29. The van der Waals surface area contributed by atoms with E-state index in [1.807, 2.05) is 31.2 Å². The normalized spacial score (nSPS) is 13.8. The van der Waals surface area contributed by atoms with Crippen molar-refractivity contribution in [2.24, 2.45) is 0 Å². The molecule has 0 saturated carbocycles. The first-order chi connectivity index (χ1) is 10.3. The van der Waals surface area contributed by atoms with Crippen LogP contribution in [-0.4, -0.2) is 18.2 Å². The molecule has 110 valence electrons. The van der Waals surface area contributed by atoms with E-state index in [-0.39, 0.29) is 0 Å². The van der Waals surface area contributed by atoms with Gasteiger partial charge in [-0.3, -0.25) is 4.98 Å². The lowest BCUT2D eigenvalue weighted by Gasteiger charge is -2.10. The average Bonchev–Trinajstić information content (AvgIpc) is 2.72. The second-order valence-electron chi connectivity index (χ2n) is 5.21. The largest absolute Gasteiger partial charge is 0.490 e. The van der Waals surface area contributed by atoms with Crippen LogP contribution >= 0.6 is 0 Å². The topological polar surface area (TPSA) is 43.4 Å². The minimum absolute atomic E-state index is 0.719. The van der Waals surface area contributed by atoms with Crippen LogP contribution in [0.5, 0.6) is 11.5 Å². The Labute approximate surface area is 125 Å². The standard InChI is InChI=1S/C17H20N2O2/c1-13-4-2-5-15(19-13)12-18-11-14-6-7-16-17(10-14)21-9-3-8-20-16/h2,4-7,10,18H,3,8-9,11-12H2,1H3. The van der Waals surface area contributed by atoms with Gasteiger partial charge in [0.1, 0.15) is 0 Å². The van der Waals surface area contributed by atoms with Gasteiger partial charge in [0.25, 0.3) is 0 Å². The van der Waals surface area contributed by atoms with Crippen molar-refractivity contribution >= 4 is 0 Å². The Morgan fingerprint density at radius 1 is 1.05 bits per heavy atom. The van der Waals surface area contributed by atoms with Crippen molar-refractivity contribution in [2.75, 3.05) is 13.2 Å². The zero-order valence-electron chi connectivity index (χ0n) is 12.3. The number of aromatic nitrogens is 1. The third-order valence-corrected chi connectivity index (χ3v) is 3.39. The van der Waals surface area contributed by atoms with Crippen molar-refractivity contribution in [1.82, 2.24) is 10.3 Å². The molecule has 0 spiro atoms. The average molecular weight is 284 g/mol. The number of pyridine rings is 1. The molecule has 1 N–H and O–H groups in total. The molecule has 3 rings (SSSR count). The van der Waals surface area contributed by atoms with Crippen LogP contribution < -0.4 is 14.8 Å². The highest BCUT2D eigenvalue weighted by molar-refractivity contribution is 5.43. The van der Waals surface area contributed by atoms with Gasteiger partial charge in [0.05, 0.1) is 18.9 Å². The van der Waals surface area contributed by atoms with Crippen molar-refractivity contribution in [3.8, 4) is 11.5 Å². The smallest absolute Gasteiger partial charge is 0.161 e. The molecule has 4 heteroatoms. The number of ether oxygens (including phenoxy) is 2. The summed E-state index contributed by atoms with van der Waals surface area (Å²) in [5, 5.41) is 3.41. The zero-order chi connectivity index (χ0) is 14.5. The Hall–Kier alpha value is -2.07. The highest BCUT2D eigenvalue weighted by Gasteiger charge is 2.10. The van der Waals surface area contributed by atoms with Crippen molar-refractivity contribution in [1.29, 1.82) is 0 Å². The van der Waals surface area contributed by atoms with Gasteiger partial charge in [-0.05, 0) is 36.8 Å². The third-order valence-electron chi connectivity index (χ3n) is 3.39. The zero-order valence-corrected chi connectivity index (χ0v) is 12.3. The maximum Gasteiger partial charge on any atom is 0.161 e. The lowest BCUT2D eigenvalue weighted by molar-refractivity contribution is 0.297. The number of benzene rings is 1. The van der Waals surface area contributed by atoms with Crippen LogP contribution in [0.1, 0.15) is 23.4 Å². The van der Waals surface area contributed by atoms with Crippen LogP contribution in [0.3, 0.4) is 0 Å². The van der Waals surface area contributed by atoms with E-state index in [1.54, 1.807) is 0 Å². The van der Waals surface area contributed by atoms with Crippen LogP contribution in [0.15, 0.2) is 36.4 Å². The first-order valence-corrected chi connectivity index (χ1v) is 7.33. The molecule has 0 radical (unpaired) electrons. The van der Waals surface area contributed by atoms with E-state index in [9.17, 15) is 0 Å². The minimum atomic E-state index is 0.719. The number of fused-ring (bicyclic) bond motifs is 1. The fraction of sp³-hybridized carbons (Fsp3) is 0.353. The monoisotopic (exact) mass is 284 g/mol. The summed E-state index contributed by atoms with van der Waals surface area (Å²) in [6.07, 6.45) is 0.932. The fourth-order valence-electron chi connectivity index (χ4n) is 2.35. The van der Waals surface area contributed by atoms with Crippen LogP contribution in [0.25, 0.3) is 0 Å². The molecular formula is C17H20N2O2. The van der Waals surface area contributed by atoms with Gasteiger partial charge in [0, 0.05) is 25.2 Å². The number of rotatable bonds is 4. The van der Waals surface area contributed by atoms with Gasteiger partial charge in [0.2, 0.25) is 0 Å². The van der Waals surface area contributed by atoms with Crippen molar-refractivity contribution in [2.45, 2.75) is 26.4 Å². The SMILES string of the molecule is Cc1cccc(CNCc2ccc3c(c2)OCCCO3)n1. The first-order valence-electron chi connectivity index (χ1n) is 7.33. The Balaban J connectivity index is 1.59. The molecule has 21 heavy (non-hydrogen) atoms. The second kappa shape index (κ2) is 6.59. The summed E-state index contributed by atoms with van der Waals surface area (Å²) in [6.45, 7) is 5.00. The number of aryl methyl sites for hydroxylation is 1. The highest BCUT2D eigenvalue weighted by atomic mass is 16.5. The van der Waals surface area contributed by atoms with Gasteiger partial charge in [-0.2, -0.15) is 0 Å². The van der Waals surface area contributed by atoms with Crippen LogP contribution in [-0.2, 0) is 13.1 Å². The van der Waals surface area contributed by atoms with Gasteiger partial charge in [-0.15, -0.1) is 0 Å². The van der Waals surface area contributed by atoms with Gasteiger partial charge < -0.3 is 14.8 Å². The Morgan fingerprint density at radius 3 is 2.76 bits per heavy atom. The molecule has 1 aromatic heterocycles. The van der Waals surface area contributed by atoms with E-state index in [0.717, 1.165) is 55.6 Å². The molecule has 0 saturated heterocycles. The highest BCUT2D eigenvalue weighted by Crippen LogP contribution is 2.30. The molecule has 0 atom stereocenters. The Bertz CT molecular complexity index is 613. The summed E-state index contributed by atoms with van der Waals surface area (Å²) in [6, 6.07) is 12.2. The molecule has 4 nitrogen and oxygen atoms in total. The van der Waals surface area contributed by atoms with Crippen molar-refractivity contribution < 1.29 is 9.47 Å². The molecule has 0 fully saturated rings. The first kappa shape index (κ1) is 13.9. The summed E-state index contributed by atoms with van der Waals surface area (Å²) < 4.78 is 11.3. The summed E-state index contributed by atoms with van der Waals surface area (Å²) >= 11 is 0. The predicted molar refractivity (Wildman–Crippen MR) is 81.6 cm³/mol. The van der Waals surface area contributed by atoms with Gasteiger partial charge in [-0.1, -0.05) is 12.1 Å². The van der Waals surface area contributed by atoms with E-state index in [2.05, 4.69) is 22.4 Å². The molecule has 0 bridgehead atoms. The third kappa shape index (κ3) is 3.73. The maximum absolute atomic E-state index is 5.70. The summed E-state index contributed by atoms with van der Waals surface area (Å²) in [5.74, 6) is 1.69. The Morgan fingerprint density at radius 2 is 1.90 bits per heavy atom. The molecule has 0 amide bonds. The number of hydrogen-bond donors (Lipinski definition) is 1. The van der Waals surface area contributed by atoms with Gasteiger partial charge in [-0.25, -0.2) is 0 Å². The van der Waals surface area contributed by atoms with Gasteiger partial charge >= 0.3 is 0 Å². The molecule has 2 heterocycles. The number of hydrogen-bond acceptors (Lipinski definition) is 4. The quantitative estimate of drug-likeness (QED) is 0.937. The lowest BCUT2D eigenvalue weighted by Crippen LogP contribution is -2.14. The van der Waals surface area contributed by atoms with Crippen LogP contribution in [0, 0.1) is 6.92 Å². The Kier molecular flexibility index (Phi) is 4.36. The molecule has 1 aromatic carbocycles. The van der Waals surface area contributed by atoms with Gasteiger partial charge in [0.15, 0.2) is 11.5 Å². The van der Waals surface area contributed by atoms with Crippen molar-refractivity contribution in [3.63, 3.8) is 0 Å². The molecule has 1 aliphatic heterocycles. The molecular weight excluding hydrogens is 264 g/mol. The van der Waals surface area contributed by atoms with Crippen LogP contribution in [0.4, 0.5) is 0 Å². The summed E-state index contributed by atoms with van der Waals surface area (Å²) in [4.78, 5) is 4.48. The van der Waals surface area contributed by atoms with Crippen molar-refractivity contribution in [3.05, 3.63) is 53.3 Å². The lowest BCUT2D eigenvalue weighted by atomic mass is 10.2. The number of nitrogens with one attached hydrogen (secondary N) is 1. The fourth-order valence-corrected chi connectivity index (χ4v) is 2.35. The minimum Gasteiger partial charge on any atom is -0.490 e. The molecule has 0 unspecified atom stereocenters. The molecule has 0 aliphatic carbocycles. The second-order valence-corrected chi connectivity index (χ2v) is 5.21. The van der Waals surface area contributed by atoms with E-state index in [1.165, 1.54) is 5.56 Å². The van der Waals surface area contributed by atoms with E-state index in [0.29, 0.717) is 0 Å². The van der Waals surface area contributed by atoms with E-state index in [4.69, 9.17) is 9.47 Å². The molecule has 1 aliphatic rings. The molecule has 2 aromatic rings. The van der Waals surface area contributed by atoms with E-state index >= 15 is 0 Å². The number of nitrogens with zero attached hydrogens (tertiary/aromatic N) is 1. The van der Waals surface area contributed by atoms with E-state index < -0.39 is 0 Å². The predicted octanol–water partition coefficient (Wildman–Crippen LogP) is 2.84.